The number of imide groups is 1. The molecule has 0 atom stereocenters. The zero-order chi connectivity index (χ0) is 20.9. The molecule has 4 rings (SSSR count). The van der Waals surface area contributed by atoms with Gasteiger partial charge >= 0.3 is 0 Å². The van der Waals surface area contributed by atoms with Gasteiger partial charge in [-0.15, -0.1) is 11.8 Å². The zero-order valence-electron chi connectivity index (χ0n) is 16.5. The van der Waals surface area contributed by atoms with E-state index in [1.54, 1.807) is 30.5 Å². The molecule has 0 aliphatic carbocycles. The van der Waals surface area contributed by atoms with Crippen LogP contribution >= 0.6 is 11.8 Å². The molecule has 0 fully saturated rings. The summed E-state index contributed by atoms with van der Waals surface area (Å²) in [5.41, 5.74) is 1.58. The van der Waals surface area contributed by atoms with Gasteiger partial charge in [-0.25, -0.2) is 4.90 Å². The Morgan fingerprint density at radius 1 is 0.933 bits per heavy atom. The lowest BCUT2D eigenvalue weighted by molar-refractivity contribution is -0.119. The van der Waals surface area contributed by atoms with Gasteiger partial charge in [-0.2, -0.15) is 0 Å². The van der Waals surface area contributed by atoms with Gasteiger partial charge in [0, 0.05) is 0 Å². The topological polar surface area (TPSA) is 59.8 Å². The predicted molar refractivity (Wildman–Crippen MR) is 118 cm³/mol. The Hall–Kier alpha value is -3.25. The lowest BCUT2D eigenvalue weighted by Crippen LogP contribution is -2.31. The molecule has 0 saturated heterocycles. The van der Waals surface area contributed by atoms with Gasteiger partial charge in [0.25, 0.3) is 11.8 Å². The van der Waals surface area contributed by atoms with Crippen molar-refractivity contribution >= 4 is 34.8 Å². The van der Waals surface area contributed by atoms with Gasteiger partial charge in [0.1, 0.15) is 11.5 Å². The summed E-state index contributed by atoms with van der Waals surface area (Å²) >= 11 is 1.31. The van der Waals surface area contributed by atoms with Crippen molar-refractivity contribution in [3.63, 3.8) is 0 Å². The van der Waals surface area contributed by atoms with E-state index in [0.717, 1.165) is 12.2 Å². The van der Waals surface area contributed by atoms with Crippen LogP contribution in [0.5, 0.6) is 5.75 Å². The number of hydrogen-bond donors (Lipinski definition) is 0. The second-order valence-electron chi connectivity index (χ2n) is 6.70. The molecule has 0 N–H and O–H groups in total. The van der Waals surface area contributed by atoms with E-state index in [2.05, 4.69) is 0 Å². The van der Waals surface area contributed by atoms with Crippen LogP contribution in [0.4, 0.5) is 5.69 Å². The van der Waals surface area contributed by atoms with E-state index < -0.39 is 0 Å². The number of carbonyl (C=O) groups excluding carboxylic acids is 2. The third-order valence-corrected chi connectivity index (χ3v) is 5.71. The number of ether oxygens (including phenoxy) is 1. The molecule has 0 spiro atoms. The van der Waals surface area contributed by atoms with Crippen molar-refractivity contribution in [3.8, 4) is 5.75 Å². The van der Waals surface area contributed by atoms with Gasteiger partial charge < -0.3 is 9.15 Å². The minimum absolute atomic E-state index is 0.344. The summed E-state index contributed by atoms with van der Waals surface area (Å²) in [5.74, 6) is 1.03. The Balaban J connectivity index is 1.73. The molecule has 0 bridgehead atoms. The minimum Gasteiger partial charge on any atom is -0.491 e. The zero-order valence-corrected chi connectivity index (χ0v) is 17.4. The maximum absolute atomic E-state index is 13.5. The van der Waals surface area contributed by atoms with Crippen LogP contribution in [0.15, 0.2) is 82.3 Å². The fraction of sp³-hybridized carbons (Fsp3) is 0.167. The third kappa shape index (κ3) is 3.91. The Bertz CT molecular complexity index is 1070. The van der Waals surface area contributed by atoms with Crippen LogP contribution in [-0.4, -0.2) is 18.4 Å². The summed E-state index contributed by atoms with van der Waals surface area (Å²) in [6.45, 7) is 2.51. The molecule has 1 aromatic heterocycles. The normalized spacial score (nSPS) is 14.0. The second-order valence-corrected chi connectivity index (χ2v) is 7.69. The standard InChI is InChI=1S/C24H21NO4S/c1-2-14-29-20-13-7-6-12-19(20)25-23(26)21(17-9-4-3-5-10-17)22(24(25)27)30-16-18-11-8-15-28-18/h3-13,15H,2,14,16H2,1H3. The summed E-state index contributed by atoms with van der Waals surface area (Å²) in [6.07, 6.45) is 2.42. The number of carbonyl (C=O) groups is 2. The number of rotatable bonds is 8. The summed E-state index contributed by atoms with van der Waals surface area (Å²) in [4.78, 5) is 28.5. The van der Waals surface area contributed by atoms with Crippen molar-refractivity contribution in [2.24, 2.45) is 0 Å². The van der Waals surface area contributed by atoms with Crippen LogP contribution < -0.4 is 9.64 Å². The molecule has 0 saturated carbocycles. The number of nitrogens with zero attached hydrogens (tertiary/aromatic N) is 1. The van der Waals surface area contributed by atoms with Crippen LogP contribution in [0.2, 0.25) is 0 Å². The lowest BCUT2D eigenvalue weighted by atomic mass is 10.1. The van der Waals surface area contributed by atoms with Gasteiger partial charge in [-0.05, 0) is 36.2 Å². The Morgan fingerprint density at radius 3 is 2.43 bits per heavy atom. The first kappa shape index (κ1) is 20.0. The van der Waals surface area contributed by atoms with Crippen LogP contribution in [0.1, 0.15) is 24.7 Å². The second kappa shape index (κ2) is 9.05. The highest BCUT2D eigenvalue weighted by Crippen LogP contribution is 2.42. The van der Waals surface area contributed by atoms with Gasteiger partial charge in [-0.1, -0.05) is 49.4 Å². The fourth-order valence-electron chi connectivity index (χ4n) is 3.24. The number of para-hydroxylation sites is 2. The smallest absolute Gasteiger partial charge is 0.272 e. The molecule has 3 aromatic rings. The number of anilines is 1. The molecule has 152 valence electrons. The van der Waals surface area contributed by atoms with E-state index in [4.69, 9.17) is 9.15 Å². The maximum Gasteiger partial charge on any atom is 0.272 e. The average molecular weight is 420 g/mol. The highest BCUT2D eigenvalue weighted by molar-refractivity contribution is 8.03. The average Bonchev–Trinajstić information content (AvgIpc) is 3.38. The van der Waals surface area contributed by atoms with E-state index in [1.807, 2.05) is 49.4 Å². The van der Waals surface area contributed by atoms with Crippen molar-refractivity contribution in [3.05, 3.63) is 89.2 Å². The maximum atomic E-state index is 13.5. The van der Waals surface area contributed by atoms with Crippen molar-refractivity contribution in [1.29, 1.82) is 0 Å². The fourth-order valence-corrected chi connectivity index (χ4v) is 4.25. The van der Waals surface area contributed by atoms with Crippen LogP contribution in [0, 0.1) is 0 Å². The Labute approximate surface area is 179 Å². The van der Waals surface area contributed by atoms with Crippen molar-refractivity contribution in [2.75, 3.05) is 11.5 Å². The summed E-state index contributed by atoms with van der Waals surface area (Å²) < 4.78 is 11.2. The first-order valence-electron chi connectivity index (χ1n) is 9.76. The van der Waals surface area contributed by atoms with E-state index >= 15 is 0 Å². The number of hydrogen-bond acceptors (Lipinski definition) is 5. The Kier molecular flexibility index (Phi) is 6.05. The quantitative estimate of drug-likeness (QED) is 0.465. The van der Waals surface area contributed by atoms with Crippen LogP contribution in [-0.2, 0) is 15.3 Å². The predicted octanol–water partition coefficient (Wildman–Crippen LogP) is 5.29. The molecule has 6 heteroatoms. The van der Waals surface area contributed by atoms with E-state index in [1.165, 1.54) is 16.7 Å². The number of furan rings is 1. The van der Waals surface area contributed by atoms with Crippen LogP contribution in [0.25, 0.3) is 5.57 Å². The molecule has 5 nitrogen and oxygen atoms in total. The highest BCUT2D eigenvalue weighted by Gasteiger charge is 2.41. The van der Waals surface area contributed by atoms with Gasteiger partial charge in [0.05, 0.1) is 34.8 Å². The lowest BCUT2D eigenvalue weighted by Gasteiger charge is -2.19. The Morgan fingerprint density at radius 2 is 1.70 bits per heavy atom. The minimum atomic E-state index is -0.347. The van der Waals surface area contributed by atoms with E-state index in [-0.39, 0.29) is 11.8 Å². The van der Waals surface area contributed by atoms with Gasteiger partial charge in [0.2, 0.25) is 0 Å². The van der Waals surface area contributed by atoms with Gasteiger partial charge in [0.15, 0.2) is 0 Å². The number of benzene rings is 2. The first-order chi connectivity index (χ1) is 14.7. The number of thioether (sulfide) groups is 1. The highest BCUT2D eigenvalue weighted by atomic mass is 32.2. The molecule has 2 aromatic carbocycles. The molecule has 0 unspecified atom stereocenters. The first-order valence-corrected chi connectivity index (χ1v) is 10.7. The molecule has 30 heavy (non-hydrogen) atoms. The van der Waals surface area contributed by atoms with Crippen LogP contribution in [0.3, 0.4) is 0 Å². The monoisotopic (exact) mass is 419 g/mol. The summed E-state index contributed by atoms with van der Waals surface area (Å²) in [7, 11) is 0. The SMILES string of the molecule is CCCOc1ccccc1N1C(=O)C(SCc2ccco2)=C(c2ccccc2)C1=O. The van der Waals surface area contributed by atoms with Crippen molar-refractivity contribution in [1.82, 2.24) is 0 Å². The number of amides is 2. The molecule has 2 amide bonds. The summed E-state index contributed by atoms with van der Waals surface area (Å²) in [6, 6.07) is 20.1. The molecule has 0 radical (unpaired) electrons. The van der Waals surface area contributed by atoms with E-state index in [0.29, 0.717) is 39.8 Å². The molecule has 1 aliphatic rings. The van der Waals surface area contributed by atoms with Crippen molar-refractivity contribution < 1.29 is 18.7 Å². The van der Waals surface area contributed by atoms with Crippen molar-refractivity contribution in [2.45, 2.75) is 19.1 Å². The van der Waals surface area contributed by atoms with Gasteiger partial charge in [-0.3, -0.25) is 9.59 Å². The summed E-state index contributed by atoms with van der Waals surface area (Å²) in [5, 5.41) is 0. The molecular weight excluding hydrogens is 398 g/mol. The third-order valence-electron chi connectivity index (χ3n) is 4.61. The van der Waals surface area contributed by atoms with E-state index in [9.17, 15) is 9.59 Å². The largest absolute Gasteiger partial charge is 0.491 e. The molecule has 2 heterocycles. The molecular formula is C24H21NO4S. The molecule has 1 aliphatic heterocycles.